The van der Waals surface area contributed by atoms with Crippen LogP contribution in [0.1, 0.15) is 29.2 Å². The first-order valence-corrected chi connectivity index (χ1v) is 11.2. The summed E-state index contributed by atoms with van der Waals surface area (Å²) in [5.74, 6) is 0.0666. The van der Waals surface area contributed by atoms with E-state index in [2.05, 4.69) is 15.5 Å². The van der Waals surface area contributed by atoms with Crippen LogP contribution in [0, 0.1) is 20.8 Å². The van der Waals surface area contributed by atoms with Crippen molar-refractivity contribution in [3.8, 4) is 5.75 Å². The zero-order valence-electron chi connectivity index (χ0n) is 16.5. The van der Waals surface area contributed by atoms with Gasteiger partial charge in [0.15, 0.2) is 10.9 Å². The second kappa shape index (κ2) is 8.38. The number of hydrogen-bond donors (Lipinski definition) is 1. The molecule has 1 unspecified atom stereocenters. The molecule has 0 spiro atoms. The van der Waals surface area contributed by atoms with Crippen molar-refractivity contribution in [2.24, 2.45) is 10.2 Å². The molecular formula is C20H21N3O4S2. The minimum Gasteiger partial charge on any atom is -0.378 e. The summed E-state index contributed by atoms with van der Waals surface area (Å²) in [5, 5.41) is 10.8. The molecule has 2 aromatic carbocycles. The maximum Gasteiger partial charge on any atom is 0.339 e. The maximum atomic E-state index is 12.9. The standard InChI is InChI=1S/C20H21N3O4S2/c1-12-8-9-13(2)17(10-12)29(25,26)27-18-14(3)6-5-7-16(18)11-21-23-20-22-19(24)15(4)28-20/h5-11,15H,1-4H3,(H,22,23,24). The number of amides is 1. The third-order valence-electron chi connectivity index (χ3n) is 4.28. The van der Waals surface area contributed by atoms with E-state index < -0.39 is 10.1 Å². The molecule has 152 valence electrons. The van der Waals surface area contributed by atoms with Gasteiger partial charge in [-0.2, -0.15) is 13.5 Å². The number of carbonyl (C=O) groups excluding carboxylic acids is 1. The quantitative estimate of drug-likeness (QED) is 0.445. The molecule has 0 aromatic heterocycles. The average molecular weight is 432 g/mol. The highest BCUT2D eigenvalue weighted by Gasteiger charge is 2.26. The number of nitrogens with zero attached hydrogens (tertiary/aromatic N) is 2. The van der Waals surface area contributed by atoms with Crippen molar-refractivity contribution < 1.29 is 17.4 Å². The van der Waals surface area contributed by atoms with Crippen LogP contribution in [0.5, 0.6) is 5.75 Å². The van der Waals surface area contributed by atoms with E-state index in [0.29, 0.717) is 21.9 Å². The summed E-state index contributed by atoms with van der Waals surface area (Å²) in [7, 11) is -4.03. The van der Waals surface area contributed by atoms with E-state index in [1.807, 2.05) is 13.0 Å². The minimum absolute atomic E-state index is 0.122. The number of carbonyl (C=O) groups is 1. The number of benzene rings is 2. The zero-order valence-corrected chi connectivity index (χ0v) is 18.1. The molecular weight excluding hydrogens is 410 g/mol. The van der Waals surface area contributed by atoms with Crippen LogP contribution in [0.3, 0.4) is 0 Å². The van der Waals surface area contributed by atoms with E-state index in [1.165, 1.54) is 18.0 Å². The van der Waals surface area contributed by atoms with E-state index in [9.17, 15) is 13.2 Å². The van der Waals surface area contributed by atoms with Crippen LogP contribution in [0.4, 0.5) is 0 Å². The van der Waals surface area contributed by atoms with Crippen LogP contribution in [0.2, 0.25) is 0 Å². The fourth-order valence-corrected chi connectivity index (χ4v) is 4.76. The van der Waals surface area contributed by atoms with Gasteiger partial charge in [-0.1, -0.05) is 36.0 Å². The fraction of sp³-hybridized carbons (Fsp3) is 0.250. The lowest BCUT2D eigenvalue weighted by Crippen LogP contribution is -2.23. The van der Waals surface area contributed by atoms with Crippen LogP contribution in [-0.4, -0.2) is 31.0 Å². The number of amidine groups is 1. The summed E-state index contributed by atoms with van der Waals surface area (Å²) >= 11 is 1.27. The van der Waals surface area contributed by atoms with Gasteiger partial charge in [-0.15, -0.1) is 5.10 Å². The molecule has 1 atom stereocenters. The van der Waals surface area contributed by atoms with Gasteiger partial charge >= 0.3 is 10.1 Å². The molecule has 9 heteroatoms. The molecule has 1 fully saturated rings. The molecule has 1 N–H and O–H groups in total. The summed E-state index contributed by atoms with van der Waals surface area (Å²) in [6.45, 7) is 7.08. The Bertz CT molecular complexity index is 1120. The Morgan fingerprint density at radius 3 is 2.59 bits per heavy atom. The monoisotopic (exact) mass is 431 g/mol. The van der Waals surface area contributed by atoms with E-state index in [-0.39, 0.29) is 21.8 Å². The Labute approximate surface area is 174 Å². The second-order valence-corrected chi connectivity index (χ2v) is 9.54. The molecule has 0 bridgehead atoms. The highest BCUT2D eigenvalue weighted by atomic mass is 32.2. The maximum absolute atomic E-state index is 12.9. The Morgan fingerprint density at radius 1 is 1.14 bits per heavy atom. The van der Waals surface area contributed by atoms with Crippen LogP contribution in [0.15, 0.2) is 51.5 Å². The van der Waals surface area contributed by atoms with Gasteiger partial charge in [0.2, 0.25) is 5.91 Å². The second-order valence-electron chi connectivity index (χ2n) is 6.70. The van der Waals surface area contributed by atoms with Crippen molar-refractivity contribution in [2.45, 2.75) is 37.8 Å². The number of nitrogens with one attached hydrogen (secondary N) is 1. The fourth-order valence-electron chi connectivity index (χ4n) is 2.67. The lowest BCUT2D eigenvalue weighted by molar-refractivity contribution is -0.118. The molecule has 3 rings (SSSR count). The van der Waals surface area contributed by atoms with E-state index in [1.54, 1.807) is 51.1 Å². The lowest BCUT2D eigenvalue weighted by Gasteiger charge is -2.13. The Balaban J connectivity index is 1.91. The van der Waals surface area contributed by atoms with Crippen LogP contribution < -0.4 is 9.50 Å². The van der Waals surface area contributed by atoms with Gasteiger partial charge in [-0.05, 0) is 56.5 Å². The summed E-state index contributed by atoms with van der Waals surface area (Å²) in [5.41, 5.74) is 2.54. The summed E-state index contributed by atoms with van der Waals surface area (Å²) in [6, 6.07) is 10.4. The first-order valence-electron chi connectivity index (χ1n) is 8.87. The van der Waals surface area contributed by atoms with Crippen molar-refractivity contribution in [1.82, 2.24) is 5.32 Å². The highest BCUT2D eigenvalue weighted by molar-refractivity contribution is 8.15. The number of para-hydroxylation sites is 1. The molecule has 2 aromatic rings. The number of thioether (sulfide) groups is 1. The average Bonchev–Trinajstić information content (AvgIpc) is 2.97. The largest absolute Gasteiger partial charge is 0.378 e. The molecule has 0 radical (unpaired) electrons. The summed E-state index contributed by atoms with van der Waals surface area (Å²) < 4.78 is 31.3. The van der Waals surface area contributed by atoms with E-state index >= 15 is 0 Å². The third kappa shape index (κ3) is 4.86. The van der Waals surface area contributed by atoms with Gasteiger partial charge in [-0.3, -0.25) is 4.79 Å². The predicted molar refractivity (Wildman–Crippen MR) is 115 cm³/mol. The highest BCUT2D eigenvalue weighted by Crippen LogP contribution is 2.28. The molecule has 1 aliphatic heterocycles. The van der Waals surface area contributed by atoms with Gasteiger partial charge in [0.25, 0.3) is 0 Å². The predicted octanol–water partition coefficient (Wildman–Crippen LogP) is 3.32. The first-order chi connectivity index (χ1) is 13.7. The SMILES string of the molecule is Cc1ccc(C)c(S(=O)(=O)Oc2c(C)cccc2C=N/N=C2\NC(=O)C(C)S2)c1. The smallest absolute Gasteiger partial charge is 0.339 e. The molecule has 1 heterocycles. The molecule has 1 amide bonds. The molecule has 0 aliphatic carbocycles. The summed E-state index contributed by atoms with van der Waals surface area (Å²) in [4.78, 5) is 11.6. The van der Waals surface area contributed by atoms with Crippen molar-refractivity contribution in [1.29, 1.82) is 0 Å². The topological polar surface area (TPSA) is 97.2 Å². The van der Waals surface area contributed by atoms with Crippen molar-refractivity contribution >= 4 is 39.2 Å². The van der Waals surface area contributed by atoms with Crippen molar-refractivity contribution in [3.05, 3.63) is 58.7 Å². The van der Waals surface area contributed by atoms with Gasteiger partial charge < -0.3 is 9.50 Å². The van der Waals surface area contributed by atoms with E-state index in [0.717, 1.165) is 5.56 Å². The Morgan fingerprint density at radius 2 is 1.90 bits per heavy atom. The Hall–Kier alpha value is -2.65. The molecule has 1 aliphatic rings. The number of hydrogen-bond acceptors (Lipinski definition) is 7. The minimum atomic E-state index is -4.03. The molecule has 1 saturated heterocycles. The lowest BCUT2D eigenvalue weighted by atomic mass is 10.1. The van der Waals surface area contributed by atoms with Gasteiger partial charge in [0, 0.05) is 5.56 Å². The molecule has 0 saturated carbocycles. The third-order valence-corrected chi connectivity index (χ3v) is 6.62. The van der Waals surface area contributed by atoms with Crippen molar-refractivity contribution in [3.63, 3.8) is 0 Å². The molecule has 7 nitrogen and oxygen atoms in total. The van der Waals surface area contributed by atoms with Crippen molar-refractivity contribution in [2.75, 3.05) is 0 Å². The summed E-state index contributed by atoms with van der Waals surface area (Å²) in [6.07, 6.45) is 1.41. The first kappa shape index (κ1) is 21.1. The van der Waals surface area contributed by atoms with Crippen LogP contribution >= 0.6 is 11.8 Å². The van der Waals surface area contributed by atoms with Gasteiger partial charge in [0.05, 0.1) is 11.5 Å². The normalized spacial score (nSPS) is 18.4. The Kier molecular flexibility index (Phi) is 6.09. The molecule has 29 heavy (non-hydrogen) atoms. The number of aryl methyl sites for hydroxylation is 3. The number of rotatable bonds is 5. The van der Waals surface area contributed by atoms with Crippen LogP contribution in [0.25, 0.3) is 0 Å². The van der Waals surface area contributed by atoms with Gasteiger partial charge in [-0.25, -0.2) is 0 Å². The zero-order chi connectivity index (χ0) is 21.2. The van der Waals surface area contributed by atoms with Crippen LogP contribution in [-0.2, 0) is 14.9 Å². The van der Waals surface area contributed by atoms with E-state index in [4.69, 9.17) is 4.18 Å². The van der Waals surface area contributed by atoms with Gasteiger partial charge in [0.1, 0.15) is 4.90 Å².